The SMILES string of the molecule is C1=CCCC=C1.C=C(C)C(=C)C.C=C(C)C(C)=CC.C=C(C)C=CC.C=CC(=C)C.C=CC=C.C=CC=C(C)C. The van der Waals surface area contributed by atoms with Crippen LogP contribution in [-0.2, 0) is 0 Å². The van der Waals surface area contributed by atoms with Crippen molar-refractivity contribution < 1.29 is 0 Å². The molecule has 0 amide bonds. The third-order valence-corrected chi connectivity index (χ3v) is 4.14. The number of hydrogen-bond acceptors (Lipinski definition) is 0. The van der Waals surface area contributed by atoms with E-state index < -0.39 is 0 Å². The molecule has 0 aromatic carbocycles. The Balaban J connectivity index is -0.0000000848. The van der Waals surface area contributed by atoms with Crippen LogP contribution in [-0.4, -0.2) is 0 Å². The fraction of sp³-hybridized carbons (Fsp3) is 0.300. The standard InChI is InChI=1S/C7H12.C6H8.3C6H10.C5H8.C4H6/c1-5-7(4)6(2)3;1-2-4-6-5-3-1;1-5(2)6(3)4;2*1-4-5-6(2)3;1-4-5(2)3;1-3-4-2/h5H,2H2,1,3-4H3;1-4H,5-6H2;1,3H2,2,4H3;4-5H,2H2,1,3H3;4-5H,1H2,2-3H3;4H,1-2H2,3H3;3-4H,1-2H2. The Bertz CT molecular complexity index is 848. The van der Waals surface area contributed by atoms with Crippen LogP contribution in [0.1, 0.15) is 82.1 Å². The minimum atomic E-state index is 1.02. The van der Waals surface area contributed by atoms with Crippen molar-refractivity contribution in [2.45, 2.75) is 82.1 Å². The van der Waals surface area contributed by atoms with Gasteiger partial charge in [-0.05, 0) is 82.1 Å². The van der Waals surface area contributed by atoms with E-state index in [4.69, 9.17) is 0 Å². The second-order valence-electron chi connectivity index (χ2n) is 9.09. The lowest BCUT2D eigenvalue weighted by atomic mass is 10.2. The van der Waals surface area contributed by atoms with Gasteiger partial charge in [0, 0.05) is 0 Å². The van der Waals surface area contributed by atoms with Gasteiger partial charge in [-0.25, -0.2) is 0 Å². The molecule has 0 nitrogen and oxygen atoms in total. The predicted molar refractivity (Wildman–Crippen MR) is 196 cm³/mol. The highest BCUT2D eigenvalue weighted by molar-refractivity contribution is 5.22. The maximum absolute atomic E-state index is 3.76. The van der Waals surface area contributed by atoms with Crippen molar-refractivity contribution in [2.75, 3.05) is 0 Å². The summed E-state index contributed by atoms with van der Waals surface area (Å²) in [5.74, 6) is 0. The van der Waals surface area contributed by atoms with Crippen LogP contribution in [0.4, 0.5) is 0 Å². The van der Waals surface area contributed by atoms with E-state index in [9.17, 15) is 0 Å². The van der Waals surface area contributed by atoms with Crippen molar-refractivity contribution in [3.05, 3.63) is 171 Å². The van der Waals surface area contributed by atoms with E-state index in [1.807, 2.05) is 80.5 Å². The van der Waals surface area contributed by atoms with Gasteiger partial charge in [-0.15, -0.1) is 0 Å². The lowest BCUT2D eigenvalue weighted by Crippen LogP contribution is -1.71. The van der Waals surface area contributed by atoms with E-state index in [1.54, 1.807) is 24.3 Å². The lowest BCUT2D eigenvalue weighted by molar-refractivity contribution is 1.04. The highest BCUT2D eigenvalue weighted by Gasteiger charge is 1.81. The number of allylic oxidation sites excluding steroid dienone is 19. The zero-order valence-corrected chi connectivity index (χ0v) is 28.2. The summed E-state index contributed by atoms with van der Waals surface area (Å²) in [6, 6.07) is 0. The molecule has 0 aliphatic heterocycles. The lowest BCUT2D eigenvalue weighted by Gasteiger charge is -1.92. The number of rotatable bonds is 6. The van der Waals surface area contributed by atoms with Crippen molar-refractivity contribution in [3.8, 4) is 0 Å². The molecule has 0 aromatic heterocycles. The summed E-state index contributed by atoms with van der Waals surface area (Å²) in [7, 11) is 0. The van der Waals surface area contributed by atoms with Crippen molar-refractivity contribution in [1.29, 1.82) is 0 Å². The fourth-order valence-corrected chi connectivity index (χ4v) is 1.31. The first-order valence-corrected chi connectivity index (χ1v) is 13.5. The first-order valence-electron chi connectivity index (χ1n) is 13.5. The smallest absolute Gasteiger partial charge is 0.0313 e. The molecule has 0 fully saturated rings. The van der Waals surface area contributed by atoms with Crippen LogP contribution in [0, 0.1) is 0 Å². The molecule has 0 saturated heterocycles. The monoisotopic (exact) mass is 545 g/mol. The summed E-state index contributed by atoms with van der Waals surface area (Å²) in [5, 5.41) is 0. The first-order chi connectivity index (χ1) is 18.5. The maximum Gasteiger partial charge on any atom is -0.0313 e. The topological polar surface area (TPSA) is 0 Å². The highest BCUT2D eigenvalue weighted by Crippen LogP contribution is 2.02. The molecule has 224 valence electrons. The Hall–Kier alpha value is -3.64. The summed E-state index contributed by atoms with van der Waals surface area (Å²) in [6.45, 7) is 51.9. The van der Waals surface area contributed by atoms with Crippen LogP contribution in [0.25, 0.3) is 0 Å². The van der Waals surface area contributed by atoms with Gasteiger partial charge in [0.2, 0.25) is 0 Å². The maximum atomic E-state index is 3.76. The van der Waals surface area contributed by atoms with Crippen LogP contribution in [0.5, 0.6) is 0 Å². The molecular formula is C40H64. The molecule has 0 heteroatoms. The third kappa shape index (κ3) is 83.8. The predicted octanol–water partition coefficient (Wildman–Crippen LogP) is 13.9. The summed E-state index contributed by atoms with van der Waals surface area (Å²) < 4.78 is 0. The van der Waals surface area contributed by atoms with Crippen molar-refractivity contribution in [3.63, 3.8) is 0 Å². The fourth-order valence-electron chi connectivity index (χ4n) is 1.31. The Kier molecular flexibility index (Phi) is 52.3. The minimum Gasteiger partial charge on any atom is -0.0991 e. The molecule has 0 spiro atoms. The average Bonchev–Trinajstić information content (AvgIpc) is 2.90. The second-order valence-corrected chi connectivity index (χ2v) is 9.09. The van der Waals surface area contributed by atoms with E-state index in [2.05, 4.69) is 96.5 Å². The van der Waals surface area contributed by atoms with Gasteiger partial charge < -0.3 is 0 Å². The van der Waals surface area contributed by atoms with Gasteiger partial charge in [-0.2, -0.15) is 0 Å². The molecular weight excluding hydrogens is 480 g/mol. The molecule has 0 N–H and O–H groups in total. The Morgan fingerprint density at radius 3 is 0.975 bits per heavy atom. The van der Waals surface area contributed by atoms with Gasteiger partial charge in [0.25, 0.3) is 0 Å². The molecule has 1 rings (SSSR count). The first kappa shape index (κ1) is 49.3. The molecule has 0 aromatic rings. The van der Waals surface area contributed by atoms with Crippen LogP contribution >= 0.6 is 0 Å². The van der Waals surface area contributed by atoms with Gasteiger partial charge in [-0.1, -0.05) is 171 Å². The Morgan fingerprint density at radius 1 is 0.575 bits per heavy atom. The molecule has 0 radical (unpaired) electrons. The van der Waals surface area contributed by atoms with Crippen molar-refractivity contribution >= 4 is 0 Å². The second kappa shape index (κ2) is 42.4. The summed E-state index contributed by atoms with van der Waals surface area (Å²) in [6.07, 6.45) is 25.8. The van der Waals surface area contributed by atoms with Crippen LogP contribution in [0.3, 0.4) is 0 Å². The normalized spacial score (nSPS) is 9.80. The zero-order chi connectivity index (χ0) is 32.9. The molecule has 40 heavy (non-hydrogen) atoms. The molecule has 1 aliphatic rings. The van der Waals surface area contributed by atoms with E-state index in [-0.39, 0.29) is 0 Å². The zero-order valence-electron chi connectivity index (χ0n) is 28.2. The summed E-state index contributed by atoms with van der Waals surface area (Å²) in [4.78, 5) is 0. The molecule has 0 unspecified atom stereocenters. The molecule has 0 atom stereocenters. The van der Waals surface area contributed by atoms with Crippen molar-refractivity contribution in [2.24, 2.45) is 0 Å². The summed E-state index contributed by atoms with van der Waals surface area (Å²) in [5.41, 5.74) is 7.99. The third-order valence-electron chi connectivity index (χ3n) is 4.14. The molecule has 0 saturated carbocycles. The molecule has 0 bridgehead atoms. The quantitative estimate of drug-likeness (QED) is 0.292. The van der Waals surface area contributed by atoms with Crippen LogP contribution < -0.4 is 0 Å². The van der Waals surface area contributed by atoms with Crippen LogP contribution in [0.15, 0.2) is 171 Å². The molecule has 1 aliphatic carbocycles. The van der Waals surface area contributed by atoms with Gasteiger partial charge in [0.15, 0.2) is 0 Å². The van der Waals surface area contributed by atoms with E-state index in [1.165, 1.54) is 24.0 Å². The number of hydrogen-bond donors (Lipinski definition) is 0. The Labute approximate surface area is 252 Å². The van der Waals surface area contributed by atoms with Crippen molar-refractivity contribution in [1.82, 2.24) is 0 Å². The minimum absolute atomic E-state index is 1.02. The van der Waals surface area contributed by atoms with Gasteiger partial charge in [0.05, 0.1) is 0 Å². The van der Waals surface area contributed by atoms with Crippen LogP contribution in [0.2, 0.25) is 0 Å². The van der Waals surface area contributed by atoms with Gasteiger partial charge in [0.1, 0.15) is 0 Å². The molecule has 0 heterocycles. The van der Waals surface area contributed by atoms with Gasteiger partial charge in [-0.3, -0.25) is 0 Å². The highest BCUT2D eigenvalue weighted by atomic mass is 13.9. The van der Waals surface area contributed by atoms with Gasteiger partial charge >= 0.3 is 0 Å². The summed E-state index contributed by atoms with van der Waals surface area (Å²) >= 11 is 0. The van der Waals surface area contributed by atoms with E-state index in [0.29, 0.717) is 0 Å². The van der Waals surface area contributed by atoms with E-state index >= 15 is 0 Å². The van der Waals surface area contributed by atoms with E-state index in [0.717, 1.165) is 27.9 Å². The Morgan fingerprint density at radius 2 is 0.950 bits per heavy atom. The largest absolute Gasteiger partial charge is 0.0991 e. The average molecular weight is 545 g/mol.